The molecule has 1 aliphatic rings. The van der Waals surface area contributed by atoms with Crippen LogP contribution in [0.2, 0.25) is 0 Å². The minimum absolute atomic E-state index is 0.0340. The van der Waals surface area contributed by atoms with Gasteiger partial charge in [0.1, 0.15) is 5.82 Å². The summed E-state index contributed by atoms with van der Waals surface area (Å²) in [6.07, 6.45) is 0. The molecule has 0 spiro atoms. The van der Waals surface area contributed by atoms with Gasteiger partial charge < -0.3 is 10.2 Å². The van der Waals surface area contributed by atoms with Crippen LogP contribution in [0.1, 0.15) is 5.56 Å². The molecule has 0 saturated carbocycles. The molecule has 2 N–H and O–H groups in total. The van der Waals surface area contributed by atoms with Gasteiger partial charge in [0, 0.05) is 5.56 Å². The van der Waals surface area contributed by atoms with Crippen molar-refractivity contribution >= 4 is 16.0 Å². The Morgan fingerprint density at radius 3 is 2.53 bits per heavy atom. The van der Waals surface area contributed by atoms with Crippen molar-refractivity contribution in [2.45, 2.75) is 17.4 Å². The van der Waals surface area contributed by atoms with Gasteiger partial charge in [0.25, 0.3) is 0 Å². The Hall–Kier alpha value is -1.51. The summed E-state index contributed by atoms with van der Waals surface area (Å²) in [5, 5.41) is 18.2. The second kappa shape index (κ2) is 4.26. The summed E-state index contributed by atoms with van der Waals surface area (Å²) in [4.78, 5) is 10.5. The Bertz CT molecular complexity index is 636. The van der Waals surface area contributed by atoms with Crippen LogP contribution >= 0.6 is 0 Å². The number of rotatable bonds is 3. The molecule has 104 valence electrons. The summed E-state index contributed by atoms with van der Waals surface area (Å²) < 4.78 is 38.5. The van der Waals surface area contributed by atoms with Crippen molar-refractivity contribution < 1.29 is 27.8 Å². The van der Waals surface area contributed by atoms with Crippen LogP contribution < -0.4 is 0 Å². The Kier molecular flexibility index (Phi) is 3.12. The Labute approximate surface area is 109 Å². The lowest BCUT2D eigenvalue weighted by molar-refractivity contribution is -0.170. The number of sulfonamides is 1. The molecule has 1 saturated heterocycles. The monoisotopic (exact) mass is 289 g/mol. The second-order valence-corrected chi connectivity index (χ2v) is 6.38. The van der Waals surface area contributed by atoms with Crippen LogP contribution in [0.3, 0.4) is 0 Å². The van der Waals surface area contributed by atoms with Crippen LogP contribution in [0.4, 0.5) is 4.39 Å². The molecule has 2 rings (SSSR count). The fourth-order valence-electron chi connectivity index (χ4n) is 1.85. The highest BCUT2D eigenvalue weighted by atomic mass is 32.2. The van der Waals surface area contributed by atoms with Crippen molar-refractivity contribution in [2.24, 2.45) is 0 Å². The maximum atomic E-state index is 13.3. The van der Waals surface area contributed by atoms with Crippen LogP contribution in [-0.4, -0.2) is 47.6 Å². The molecular weight excluding hydrogens is 277 g/mol. The van der Waals surface area contributed by atoms with E-state index >= 15 is 0 Å². The van der Waals surface area contributed by atoms with E-state index in [1.165, 1.54) is 19.1 Å². The molecule has 1 aliphatic heterocycles. The van der Waals surface area contributed by atoms with Gasteiger partial charge in [-0.15, -0.1) is 0 Å². The Balaban J connectivity index is 2.32. The topological polar surface area (TPSA) is 94.9 Å². The van der Waals surface area contributed by atoms with Gasteiger partial charge in [-0.25, -0.2) is 17.6 Å². The van der Waals surface area contributed by atoms with E-state index in [4.69, 9.17) is 5.11 Å². The van der Waals surface area contributed by atoms with E-state index < -0.39 is 40.5 Å². The van der Waals surface area contributed by atoms with Gasteiger partial charge in [-0.3, -0.25) is 0 Å². The third-order valence-electron chi connectivity index (χ3n) is 3.11. The van der Waals surface area contributed by atoms with Crippen LogP contribution in [0.5, 0.6) is 0 Å². The minimum atomic E-state index is -3.99. The quantitative estimate of drug-likeness (QED) is 0.814. The highest BCUT2D eigenvalue weighted by molar-refractivity contribution is 7.89. The van der Waals surface area contributed by atoms with Gasteiger partial charge >= 0.3 is 5.97 Å². The maximum absolute atomic E-state index is 13.3. The molecule has 8 heteroatoms. The third-order valence-corrected chi connectivity index (χ3v) is 5.05. The number of carboxylic acid groups (broad SMARTS) is 1. The number of hydrogen-bond donors (Lipinski definition) is 2. The predicted octanol–water partition coefficient (Wildman–Crippen LogP) is -0.0459. The maximum Gasteiger partial charge on any atom is 0.338 e. The van der Waals surface area contributed by atoms with Crippen LogP contribution in [0.15, 0.2) is 23.1 Å². The predicted molar refractivity (Wildman–Crippen MR) is 62.5 cm³/mol. The Morgan fingerprint density at radius 1 is 1.42 bits per heavy atom. The molecule has 0 atom stereocenters. The number of benzene rings is 1. The molecule has 0 bridgehead atoms. The molecule has 1 aromatic rings. The van der Waals surface area contributed by atoms with Gasteiger partial charge in [-0.05, 0) is 19.1 Å². The molecule has 19 heavy (non-hydrogen) atoms. The van der Waals surface area contributed by atoms with Crippen molar-refractivity contribution in [3.8, 4) is 0 Å². The average molecular weight is 289 g/mol. The lowest BCUT2D eigenvalue weighted by Gasteiger charge is -2.42. The number of hydrogen-bond acceptors (Lipinski definition) is 4. The summed E-state index contributed by atoms with van der Waals surface area (Å²) in [7, 11) is -3.99. The zero-order chi connectivity index (χ0) is 14.4. The number of β-amino-alcohol motifs (C(OH)–C–C–N with tert-alkyl or cyclic N) is 1. The highest BCUT2D eigenvalue weighted by Gasteiger charge is 2.53. The summed E-state index contributed by atoms with van der Waals surface area (Å²) >= 11 is 0. The molecule has 1 fully saturated rings. The molecule has 0 unspecified atom stereocenters. The summed E-state index contributed by atoms with van der Waals surface area (Å²) in [6.45, 7) is 0.243. The van der Waals surface area contributed by atoms with Crippen molar-refractivity contribution in [1.29, 1.82) is 0 Å². The molecule has 1 aromatic carbocycles. The second-order valence-electron chi connectivity index (χ2n) is 4.47. The van der Waals surface area contributed by atoms with Gasteiger partial charge in [-0.1, -0.05) is 6.07 Å². The number of aliphatic carboxylic acids is 1. The van der Waals surface area contributed by atoms with Gasteiger partial charge in [-0.2, -0.15) is 4.31 Å². The number of halogens is 1. The normalized spacial score (nSPS) is 18.9. The van der Waals surface area contributed by atoms with Gasteiger partial charge in [0.05, 0.1) is 18.0 Å². The number of carboxylic acids is 1. The van der Waals surface area contributed by atoms with Crippen LogP contribution in [0.25, 0.3) is 0 Å². The fraction of sp³-hybridized carbons (Fsp3) is 0.364. The summed E-state index contributed by atoms with van der Waals surface area (Å²) in [5.41, 5.74) is -2.10. The van der Waals surface area contributed by atoms with E-state index in [2.05, 4.69) is 0 Å². The zero-order valence-electron chi connectivity index (χ0n) is 10.00. The first-order valence-corrected chi connectivity index (χ1v) is 6.83. The van der Waals surface area contributed by atoms with E-state index in [1.54, 1.807) is 0 Å². The minimum Gasteiger partial charge on any atom is -0.479 e. The molecule has 0 radical (unpaired) electrons. The van der Waals surface area contributed by atoms with Gasteiger partial charge in [0.15, 0.2) is 5.60 Å². The van der Waals surface area contributed by atoms with Crippen molar-refractivity contribution in [3.05, 3.63) is 29.6 Å². The van der Waals surface area contributed by atoms with E-state index in [9.17, 15) is 22.7 Å². The van der Waals surface area contributed by atoms with Crippen LogP contribution in [-0.2, 0) is 14.8 Å². The molecule has 6 nitrogen and oxygen atoms in total. The molecule has 0 amide bonds. The smallest absolute Gasteiger partial charge is 0.338 e. The lowest BCUT2D eigenvalue weighted by Crippen LogP contribution is -2.67. The number of aliphatic hydroxyl groups is 1. The molecule has 0 aromatic heterocycles. The summed E-state index contributed by atoms with van der Waals surface area (Å²) in [5.74, 6) is -2.13. The highest BCUT2D eigenvalue weighted by Crippen LogP contribution is 2.30. The molecule has 0 aliphatic carbocycles. The van der Waals surface area contributed by atoms with E-state index in [0.717, 1.165) is 10.4 Å². The van der Waals surface area contributed by atoms with E-state index in [0.29, 0.717) is 0 Å². The van der Waals surface area contributed by atoms with Gasteiger partial charge in [0.2, 0.25) is 10.0 Å². The first kappa shape index (κ1) is 13.9. The van der Waals surface area contributed by atoms with E-state index in [-0.39, 0.29) is 10.5 Å². The first-order valence-electron chi connectivity index (χ1n) is 5.39. The van der Waals surface area contributed by atoms with Crippen molar-refractivity contribution in [3.63, 3.8) is 0 Å². The number of carbonyl (C=O) groups is 1. The first-order chi connectivity index (χ1) is 8.68. The molecular formula is C11H12FNO5S. The fourth-order valence-corrected chi connectivity index (χ4v) is 3.63. The van der Waals surface area contributed by atoms with Crippen LogP contribution in [0, 0.1) is 12.7 Å². The van der Waals surface area contributed by atoms with Crippen molar-refractivity contribution in [1.82, 2.24) is 4.31 Å². The number of nitrogens with zero attached hydrogens (tertiary/aromatic N) is 1. The largest absolute Gasteiger partial charge is 0.479 e. The molecule has 1 heterocycles. The Morgan fingerprint density at radius 2 is 2.00 bits per heavy atom. The van der Waals surface area contributed by atoms with Crippen molar-refractivity contribution in [2.75, 3.05) is 13.1 Å². The standard InChI is InChI=1S/C11H12FNO5S/c1-7-8(12)3-2-4-9(7)19(17,18)13-5-11(16,6-13)10(14)15/h2-4,16H,5-6H2,1H3,(H,14,15). The third kappa shape index (κ3) is 2.11. The van der Waals surface area contributed by atoms with E-state index in [1.807, 2.05) is 0 Å². The SMILES string of the molecule is Cc1c(F)cccc1S(=O)(=O)N1CC(O)(C(=O)O)C1. The average Bonchev–Trinajstić information content (AvgIpc) is 2.27. The summed E-state index contributed by atoms with van der Waals surface area (Å²) in [6, 6.07) is 3.64. The zero-order valence-corrected chi connectivity index (χ0v) is 10.8. The lowest BCUT2D eigenvalue weighted by atomic mass is 9.98.